The molecule has 0 saturated heterocycles. The van der Waals surface area contributed by atoms with E-state index in [1.807, 2.05) is 11.8 Å². The molecule has 106 valence electrons. The van der Waals surface area contributed by atoms with E-state index in [1.54, 1.807) is 0 Å². The third kappa shape index (κ3) is 5.40. The van der Waals surface area contributed by atoms with Crippen LogP contribution in [0, 0.1) is 6.92 Å². The van der Waals surface area contributed by atoms with Crippen LogP contribution in [0.2, 0.25) is 0 Å². The summed E-state index contributed by atoms with van der Waals surface area (Å²) in [6.45, 7) is 2.13. The van der Waals surface area contributed by atoms with Crippen LogP contribution in [0.15, 0.2) is 59.5 Å². The average Bonchev–Trinajstić information content (AvgIpc) is 2.46. The summed E-state index contributed by atoms with van der Waals surface area (Å²) >= 11 is 1.86. The van der Waals surface area contributed by atoms with Crippen molar-refractivity contribution in [3.05, 3.63) is 65.7 Å². The van der Waals surface area contributed by atoms with E-state index in [-0.39, 0.29) is 6.04 Å². The van der Waals surface area contributed by atoms with Crippen molar-refractivity contribution in [1.29, 1.82) is 0 Å². The van der Waals surface area contributed by atoms with Gasteiger partial charge in [0.1, 0.15) is 0 Å². The molecular formula is C18H23NS. The molecule has 1 unspecified atom stereocenters. The molecule has 0 aliphatic carbocycles. The van der Waals surface area contributed by atoms with Crippen molar-refractivity contribution < 1.29 is 0 Å². The second-order valence-electron chi connectivity index (χ2n) is 5.27. The highest BCUT2D eigenvalue weighted by atomic mass is 32.2. The van der Waals surface area contributed by atoms with Gasteiger partial charge in [-0.25, -0.2) is 0 Å². The average molecular weight is 285 g/mol. The number of hydrogen-bond donors (Lipinski definition) is 1. The first-order chi connectivity index (χ1) is 9.74. The Labute approximate surface area is 126 Å². The van der Waals surface area contributed by atoms with Crippen LogP contribution >= 0.6 is 11.8 Å². The largest absolute Gasteiger partial charge is 0.327 e. The maximum Gasteiger partial charge on any atom is 0.0134 e. The molecule has 0 spiro atoms. The van der Waals surface area contributed by atoms with Crippen molar-refractivity contribution in [1.82, 2.24) is 0 Å². The molecular weight excluding hydrogens is 262 g/mol. The first kappa shape index (κ1) is 15.1. The minimum atomic E-state index is 0.282. The van der Waals surface area contributed by atoms with E-state index in [1.165, 1.54) is 22.4 Å². The third-order valence-corrected chi connectivity index (χ3v) is 4.52. The molecule has 2 aromatic rings. The maximum absolute atomic E-state index is 6.20. The second kappa shape index (κ2) is 8.13. The molecule has 2 heteroatoms. The number of rotatable bonds is 7. The first-order valence-electron chi connectivity index (χ1n) is 7.23. The smallest absolute Gasteiger partial charge is 0.0134 e. The van der Waals surface area contributed by atoms with Crippen molar-refractivity contribution >= 4 is 11.8 Å². The third-order valence-electron chi connectivity index (χ3n) is 3.34. The zero-order chi connectivity index (χ0) is 14.2. The Balaban J connectivity index is 1.67. The zero-order valence-electron chi connectivity index (χ0n) is 12.1. The van der Waals surface area contributed by atoms with E-state index in [0.717, 1.165) is 18.6 Å². The number of benzene rings is 2. The van der Waals surface area contributed by atoms with Gasteiger partial charge in [-0.05, 0) is 43.9 Å². The minimum Gasteiger partial charge on any atom is -0.327 e. The van der Waals surface area contributed by atoms with Crippen LogP contribution in [-0.4, -0.2) is 11.8 Å². The topological polar surface area (TPSA) is 26.0 Å². The molecule has 1 atom stereocenters. The Hall–Kier alpha value is -1.25. The summed E-state index contributed by atoms with van der Waals surface area (Å²) in [5, 5.41) is 0. The van der Waals surface area contributed by atoms with Crippen molar-refractivity contribution in [3.8, 4) is 0 Å². The number of aryl methyl sites for hydroxylation is 2. The standard InChI is InChI=1S/C18H23NS/c1-15-7-5-12-18(13-15)20-14-17(19)11-6-10-16-8-3-2-4-9-16/h2-5,7-9,12-13,17H,6,10-11,14,19H2,1H3. The molecule has 0 amide bonds. The Morgan fingerprint density at radius 2 is 1.85 bits per heavy atom. The molecule has 2 aromatic carbocycles. The lowest BCUT2D eigenvalue weighted by Crippen LogP contribution is -2.22. The first-order valence-corrected chi connectivity index (χ1v) is 8.21. The Morgan fingerprint density at radius 3 is 2.60 bits per heavy atom. The SMILES string of the molecule is Cc1cccc(SCC(N)CCCc2ccccc2)c1. The van der Waals surface area contributed by atoms with Crippen molar-refractivity contribution in [3.63, 3.8) is 0 Å². The van der Waals surface area contributed by atoms with Crippen LogP contribution < -0.4 is 5.73 Å². The molecule has 0 radical (unpaired) electrons. The second-order valence-corrected chi connectivity index (χ2v) is 6.36. The van der Waals surface area contributed by atoms with E-state index >= 15 is 0 Å². The van der Waals surface area contributed by atoms with Crippen molar-refractivity contribution in [2.45, 2.75) is 37.1 Å². The molecule has 0 bridgehead atoms. The molecule has 2 rings (SSSR count). The van der Waals surface area contributed by atoms with Gasteiger partial charge in [-0.15, -0.1) is 11.8 Å². The molecule has 20 heavy (non-hydrogen) atoms. The van der Waals surface area contributed by atoms with Gasteiger partial charge in [0.15, 0.2) is 0 Å². The van der Waals surface area contributed by atoms with Crippen LogP contribution in [0.4, 0.5) is 0 Å². The molecule has 0 heterocycles. The summed E-state index contributed by atoms with van der Waals surface area (Å²) in [7, 11) is 0. The normalized spacial score (nSPS) is 12.3. The lowest BCUT2D eigenvalue weighted by atomic mass is 10.1. The highest BCUT2D eigenvalue weighted by molar-refractivity contribution is 7.99. The molecule has 0 aliphatic rings. The van der Waals surface area contributed by atoms with E-state index in [2.05, 4.69) is 61.5 Å². The molecule has 2 N–H and O–H groups in total. The van der Waals surface area contributed by atoms with Gasteiger partial charge in [0.2, 0.25) is 0 Å². The van der Waals surface area contributed by atoms with Gasteiger partial charge < -0.3 is 5.73 Å². The van der Waals surface area contributed by atoms with E-state index in [0.29, 0.717) is 0 Å². The highest BCUT2D eigenvalue weighted by Gasteiger charge is 2.04. The minimum absolute atomic E-state index is 0.282. The van der Waals surface area contributed by atoms with Gasteiger partial charge in [0.05, 0.1) is 0 Å². The Bertz CT molecular complexity index is 510. The molecule has 0 saturated carbocycles. The van der Waals surface area contributed by atoms with Crippen LogP contribution in [0.3, 0.4) is 0 Å². The predicted molar refractivity (Wildman–Crippen MR) is 89.3 cm³/mol. The van der Waals surface area contributed by atoms with E-state index in [9.17, 15) is 0 Å². The summed E-state index contributed by atoms with van der Waals surface area (Å²) in [5.74, 6) is 0.998. The van der Waals surface area contributed by atoms with Crippen molar-refractivity contribution in [2.24, 2.45) is 5.73 Å². The monoisotopic (exact) mass is 285 g/mol. The number of nitrogens with two attached hydrogens (primary N) is 1. The lowest BCUT2D eigenvalue weighted by molar-refractivity contribution is 0.631. The van der Waals surface area contributed by atoms with Crippen LogP contribution in [0.5, 0.6) is 0 Å². The Morgan fingerprint density at radius 1 is 1.05 bits per heavy atom. The molecule has 0 aliphatic heterocycles. The summed E-state index contributed by atoms with van der Waals surface area (Å²) in [6.07, 6.45) is 3.39. The zero-order valence-corrected chi connectivity index (χ0v) is 12.9. The summed E-state index contributed by atoms with van der Waals surface area (Å²) in [5.41, 5.74) is 8.92. The quantitative estimate of drug-likeness (QED) is 0.761. The van der Waals surface area contributed by atoms with Gasteiger partial charge >= 0.3 is 0 Å². The summed E-state index contributed by atoms with van der Waals surface area (Å²) in [6, 6.07) is 19.5. The van der Waals surface area contributed by atoms with Gasteiger partial charge in [0, 0.05) is 16.7 Å². The fourth-order valence-corrected chi connectivity index (χ4v) is 3.22. The van der Waals surface area contributed by atoms with Gasteiger partial charge in [-0.2, -0.15) is 0 Å². The van der Waals surface area contributed by atoms with Gasteiger partial charge in [-0.1, -0.05) is 48.0 Å². The molecule has 0 fully saturated rings. The molecule has 0 aromatic heterocycles. The van der Waals surface area contributed by atoms with Gasteiger partial charge in [0.25, 0.3) is 0 Å². The van der Waals surface area contributed by atoms with Crippen LogP contribution in [0.1, 0.15) is 24.0 Å². The fourth-order valence-electron chi connectivity index (χ4n) is 2.20. The van der Waals surface area contributed by atoms with Crippen LogP contribution in [0.25, 0.3) is 0 Å². The predicted octanol–water partition coefficient (Wildman–Crippen LogP) is 4.44. The number of hydrogen-bond acceptors (Lipinski definition) is 2. The maximum atomic E-state index is 6.20. The van der Waals surface area contributed by atoms with Crippen molar-refractivity contribution in [2.75, 3.05) is 5.75 Å². The number of thioether (sulfide) groups is 1. The molecule has 1 nitrogen and oxygen atoms in total. The summed E-state index contributed by atoms with van der Waals surface area (Å²) < 4.78 is 0. The Kier molecular flexibility index (Phi) is 6.16. The lowest BCUT2D eigenvalue weighted by Gasteiger charge is -2.11. The van der Waals surface area contributed by atoms with E-state index in [4.69, 9.17) is 5.73 Å². The highest BCUT2D eigenvalue weighted by Crippen LogP contribution is 2.20. The summed E-state index contributed by atoms with van der Waals surface area (Å²) in [4.78, 5) is 1.32. The van der Waals surface area contributed by atoms with E-state index < -0.39 is 0 Å². The van der Waals surface area contributed by atoms with Gasteiger partial charge in [-0.3, -0.25) is 0 Å². The van der Waals surface area contributed by atoms with Crippen LogP contribution in [-0.2, 0) is 6.42 Å². The fraction of sp³-hybridized carbons (Fsp3) is 0.333.